The first-order valence-electron chi connectivity index (χ1n) is 23.8. The number of rotatable bonds is 7. The summed E-state index contributed by atoms with van der Waals surface area (Å²) in [6, 6.07) is 82.6. The third kappa shape index (κ3) is 6.25. The van der Waals surface area contributed by atoms with Crippen molar-refractivity contribution in [2.75, 3.05) is 4.90 Å². The molecule has 0 atom stereocenters. The van der Waals surface area contributed by atoms with Crippen LogP contribution in [0.5, 0.6) is 0 Å². The highest BCUT2D eigenvalue weighted by Gasteiger charge is 2.38. The lowest BCUT2D eigenvalue weighted by atomic mass is 9.81. The van der Waals surface area contributed by atoms with Gasteiger partial charge in [0, 0.05) is 44.2 Å². The molecule has 0 N–H and O–H groups in total. The first-order chi connectivity index (χ1) is 33.2. The van der Waals surface area contributed by atoms with Crippen LogP contribution >= 0.6 is 0 Å². The Morgan fingerprint density at radius 1 is 0.294 bits per heavy atom. The number of furan rings is 1. The molecule has 13 rings (SSSR count). The zero-order chi connectivity index (χ0) is 45.7. The lowest BCUT2D eigenvalue weighted by Crippen LogP contribution is -2.18. The number of hydrogen-bond acceptors (Lipinski definition) is 2. The van der Waals surface area contributed by atoms with Gasteiger partial charge in [-0.15, -0.1) is 0 Å². The summed E-state index contributed by atoms with van der Waals surface area (Å²) in [5, 5.41) is 2.28. The molecular weight excluding hydrogens is 823 g/mol. The molecule has 2 aliphatic carbocycles. The van der Waals surface area contributed by atoms with Gasteiger partial charge in [-0.3, -0.25) is 0 Å². The van der Waals surface area contributed by atoms with Crippen LogP contribution in [0.25, 0.3) is 88.7 Å². The predicted molar refractivity (Wildman–Crippen MR) is 285 cm³/mol. The number of benzene rings is 10. The van der Waals surface area contributed by atoms with E-state index in [1.54, 1.807) is 0 Å². The Morgan fingerprint density at radius 3 is 1.29 bits per heavy atom. The van der Waals surface area contributed by atoms with Gasteiger partial charge in [-0.1, -0.05) is 198 Å². The SMILES string of the molecule is CC1(C)c2cc(-c3ccccc3)ccc2-c2ccc(N(c3cccc(-c4ccc(-c5cccc6c5oc5ccccc56)cc4)c3)c3ccc4c(c3)C(C)(C)c3cc(-c5ccccc5)ccc3-4)cc21. The topological polar surface area (TPSA) is 16.4 Å². The summed E-state index contributed by atoms with van der Waals surface area (Å²) in [5.41, 5.74) is 25.0. The zero-order valence-corrected chi connectivity index (χ0v) is 38.7. The van der Waals surface area contributed by atoms with E-state index >= 15 is 0 Å². The summed E-state index contributed by atoms with van der Waals surface area (Å²) in [4.78, 5) is 2.48. The molecule has 68 heavy (non-hydrogen) atoms. The minimum absolute atomic E-state index is 0.203. The molecule has 1 heterocycles. The Bertz CT molecular complexity index is 3630. The van der Waals surface area contributed by atoms with Crippen molar-refractivity contribution >= 4 is 39.0 Å². The molecule has 2 nitrogen and oxygen atoms in total. The summed E-state index contributed by atoms with van der Waals surface area (Å²) >= 11 is 0. The van der Waals surface area contributed by atoms with Gasteiger partial charge >= 0.3 is 0 Å². The highest BCUT2D eigenvalue weighted by atomic mass is 16.3. The van der Waals surface area contributed by atoms with Gasteiger partial charge in [-0.05, 0) is 138 Å². The minimum atomic E-state index is -0.203. The van der Waals surface area contributed by atoms with Gasteiger partial charge in [-0.25, -0.2) is 0 Å². The van der Waals surface area contributed by atoms with E-state index < -0.39 is 0 Å². The number of fused-ring (bicyclic) bond motifs is 9. The van der Waals surface area contributed by atoms with Crippen LogP contribution in [0.2, 0.25) is 0 Å². The molecule has 0 aliphatic heterocycles. The van der Waals surface area contributed by atoms with Crippen LogP contribution in [-0.2, 0) is 10.8 Å². The molecule has 11 aromatic rings. The standard InChI is InChI=1S/C66H49NO/c1-65(2)59-38-47(42-15-7-5-8-16-42)29-33-53(59)55-35-31-50(40-61(55)65)67(51-32-36-56-54-34-30-48(43-17-9-6-10-18-43)39-60(54)66(3,4)62(56)41-51)49-20-13-19-46(37-49)44-25-27-45(28-26-44)52-22-14-23-58-57-21-11-12-24-63(57)68-64(52)58/h5-41H,1-4H3. The minimum Gasteiger partial charge on any atom is -0.455 e. The molecule has 10 aromatic carbocycles. The largest absolute Gasteiger partial charge is 0.455 e. The normalized spacial score (nSPS) is 13.8. The molecule has 0 spiro atoms. The Balaban J connectivity index is 0.919. The Kier molecular flexibility index (Phi) is 8.95. The second kappa shape index (κ2) is 15.2. The molecule has 2 aliphatic rings. The zero-order valence-electron chi connectivity index (χ0n) is 38.7. The Morgan fingerprint density at radius 2 is 0.706 bits per heavy atom. The van der Waals surface area contributed by atoms with Crippen molar-refractivity contribution in [3.63, 3.8) is 0 Å². The third-order valence-corrected chi connectivity index (χ3v) is 15.1. The molecule has 324 valence electrons. The lowest BCUT2D eigenvalue weighted by Gasteiger charge is -2.30. The maximum absolute atomic E-state index is 6.44. The van der Waals surface area contributed by atoms with Crippen molar-refractivity contribution in [3.8, 4) is 66.8 Å². The molecule has 0 saturated heterocycles. The van der Waals surface area contributed by atoms with Crippen LogP contribution in [0.15, 0.2) is 229 Å². The van der Waals surface area contributed by atoms with Crippen molar-refractivity contribution < 1.29 is 4.42 Å². The van der Waals surface area contributed by atoms with E-state index in [0.717, 1.165) is 61.3 Å². The maximum Gasteiger partial charge on any atom is 0.143 e. The summed E-state index contributed by atoms with van der Waals surface area (Å²) < 4.78 is 6.44. The molecule has 1 aromatic heterocycles. The van der Waals surface area contributed by atoms with Gasteiger partial charge in [0.2, 0.25) is 0 Å². The summed E-state index contributed by atoms with van der Waals surface area (Å²) in [6.45, 7) is 9.55. The van der Waals surface area contributed by atoms with Crippen molar-refractivity contribution in [2.45, 2.75) is 38.5 Å². The fraction of sp³-hybridized carbons (Fsp3) is 0.0909. The number of para-hydroxylation sites is 2. The first-order valence-corrected chi connectivity index (χ1v) is 23.8. The molecule has 0 fully saturated rings. The van der Waals surface area contributed by atoms with Crippen LogP contribution in [0.3, 0.4) is 0 Å². The second-order valence-corrected chi connectivity index (χ2v) is 19.7. The quantitative estimate of drug-likeness (QED) is 0.159. The lowest BCUT2D eigenvalue weighted by molar-refractivity contribution is 0.660. The van der Waals surface area contributed by atoms with E-state index in [-0.39, 0.29) is 10.8 Å². The Hall–Kier alpha value is -8.20. The van der Waals surface area contributed by atoms with E-state index in [4.69, 9.17) is 4.42 Å². The van der Waals surface area contributed by atoms with E-state index in [0.29, 0.717) is 0 Å². The predicted octanol–water partition coefficient (Wildman–Crippen LogP) is 18.3. The summed E-state index contributed by atoms with van der Waals surface area (Å²) in [6.07, 6.45) is 0. The summed E-state index contributed by atoms with van der Waals surface area (Å²) in [5.74, 6) is 0. The smallest absolute Gasteiger partial charge is 0.143 e. The molecule has 0 saturated carbocycles. The van der Waals surface area contributed by atoms with Crippen molar-refractivity contribution in [3.05, 3.63) is 247 Å². The van der Waals surface area contributed by atoms with Crippen molar-refractivity contribution in [2.24, 2.45) is 0 Å². The van der Waals surface area contributed by atoms with Gasteiger partial charge in [-0.2, -0.15) is 0 Å². The third-order valence-electron chi connectivity index (χ3n) is 15.1. The molecule has 0 amide bonds. The van der Waals surface area contributed by atoms with Crippen LogP contribution in [0.1, 0.15) is 49.9 Å². The van der Waals surface area contributed by atoms with Gasteiger partial charge < -0.3 is 9.32 Å². The van der Waals surface area contributed by atoms with Crippen LogP contribution in [-0.4, -0.2) is 0 Å². The average molecular weight is 872 g/mol. The first kappa shape index (κ1) is 40.1. The van der Waals surface area contributed by atoms with Crippen molar-refractivity contribution in [1.82, 2.24) is 0 Å². The van der Waals surface area contributed by atoms with Crippen LogP contribution in [0, 0.1) is 0 Å². The van der Waals surface area contributed by atoms with Gasteiger partial charge in [0.1, 0.15) is 11.2 Å². The monoisotopic (exact) mass is 871 g/mol. The number of anilines is 3. The highest BCUT2D eigenvalue weighted by molar-refractivity contribution is 6.09. The number of nitrogens with zero attached hydrogens (tertiary/aromatic N) is 1. The van der Waals surface area contributed by atoms with Gasteiger partial charge in [0.15, 0.2) is 0 Å². The van der Waals surface area contributed by atoms with Gasteiger partial charge in [0.05, 0.1) is 0 Å². The van der Waals surface area contributed by atoms with E-state index in [2.05, 4.69) is 245 Å². The van der Waals surface area contributed by atoms with Crippen LogP contribution in [0.4, 0.5) is 17.1 Å². The van der Waals surface area contributed by atoms with Crippen LogP contribution < -0.4 is 4.90 Å². The Labute approximate surface area is 398 Å². The molecule has 0 radical (unpaired) electrons. The summed E-state index contributed by atoms with van der Waals surface area (Å²) in [7, 11) is 0. The molecule has 0 unspecified atom stereocenters. The fourth-order valence-electron chi connectivity index (χ4n) is 11.4. The van der Waals surface area contributed by atoms with E-state index in [1.807, 2.05) is 12.1 Å². The molecule has 2 heteroatoms. The van der Waals surface area contributed by atoms with Gasteiger partial charge in [0.25, 0.3) is 0 Å². The van der Waals surface area contributed by atoms with E-state index in [9.17, 15) is 0 Å². The number of hydrogen-bond donors (Lipinski definition) is 0. The average Bonchev–Trinajstić information content (AvgIpc) is 3.96. The fourth-order valence-corrected chi connectivity index (χ4v) is 11.4. The second-order valence-electron chi connectivity index (χ2n) is 19.7. The highest BCUT2D eigenvalue weighted by Crippen LogP contribution is 2.54. The maximum atomic E-state index is 6.44. The van der Waals surface area contributed by atoms with Crippen molar-refractivity contribution in [1.29, 1.82) is 0 Å². The molecule has 0 bridgehead atoms. The van der Waals surface area contributed by atoms with E-state index in [1.165, 1.54) is 66.8 Å². The molecular formula is C66H49NO.